The molecule has 1 N–H and O–H groups in total. The molecule has 0 radical (unpaired) electrons. The highest BCUT2D eigenvalue weighted by molar-refractivity contribution is 5.04. The fourth-order valence-electron chi connectivity index (χ4n) is 3.21. The molecule has 0 spiro atoms. The lowest BCUT2D eigenvalue weighted by Gasteiger charge is -2.54. The second kappa shape index (κ2) is 8.23. The molecule has 1 fully saturated rings. The van der Waals surface area contributed by atoms with E-state index in [0.29, 0.717) is 17.6 Å². The van der Waals surface area contributed by atoms with Crippen LogP contribution in [-0.2, 0) is 4.74 Å². The summed E-state index contributed by atoms with van der Waals surface area (Å²) >= 11 is 0. The van der Waals surface area contributed by atoms with Gasteiger partial charge < -0.3 is 15.0 Å². The fraction of sp³-hybridized carbons (Fsp3) is 1.00. The van der Waals surface area contributed by atoms with Gasteiger partial charge in [0.1, 0.15) is 0 Å². The van der Waals surface area contributed by atoms with Gasteiger partial charge in [-0.15, -0.1) is 0 Å². The van der Waals surface area contributed by atoms with E-state index in [2.05, 4.69) is 44.8 Å². The molecular weight excluding hydrogens is 236 g/mol. The Bertz CT molecular complexity index is 247. The van der Waals surface area contributed by atoms with Gasteiger partial charge in [0, 0.05) is 31.2 Å². The molecule has 0 heterocycles. The number of hydrogen-bond donors (Lipinski definition) is 1. The normalized spacial score (nSPS) is 30.6. The second-order valence-corrected chi connectivity index (χ2v) is 5.98. The van der Waals surface area contributed by atoms with E-state index in [0.717, 1.165) is 19.7 Å². The van der Waals surface area contributed by atoms with Crippen LogP contribution in [0.25, 0.3) is 0 Å². The smallest absolute Gasteiger partial charge is 0.0658 e. The summed E-state index contributed by atoms with van der Waals surface area (Å²) in [7, 11) is 0. The zero-order valence-electron chi connectivity index (χ0n) is 13.7. The average Bonchev–Trinajstić information content (AvgIpc) is 2.43. The summed E-state index contributed by atoms with van der Waals surface area (Å²) in [5.41, 5.74) is 0.331. The predicted octanol–water partition coefficient (Wildman–Crippen LogP) is 2.90. The van der Waals surface area contributed by atoms with Crippen LogP contribution >= 0.6 is 0 Å². The van der Waals surface area contributed by atoms with Gasteiger partial charge in [-0.25, -0.2) is 0 Å². The molecule has 3 heteroatoms. The first-order chi connectivity index (χ1) is 9.12. The second-order valence-electron chi connectivity index (χ2n) is 5.98. The molecule has 3 atom stereocenters. The Morgan fingerprint density at radius 2 is 1.95 bits per heavy atom. The van der Waals surface area contributed by atoms with E-state index in [1.54, 1.807) is 0 Å². The summed E-state index contributed by atoms with van der Waals surface area (Å²) in [5.74, 6) is 0. The summed E-state index contributed by atoms with van der Waals surface area (Å²) in [5, 5.41) is 3.75. The molecule has 1 rings (SSSR count). The van der Waals surface area contributed by atoms with Crippen LogP contribution in [0.15, 0.2) is 0 Å². The van der Waals surface area contributed by atoms with Crippen molar-refractivity contribution in [3.8, 4) is 0 Å². The summed E-state index contributed by atoms with van der Waals surface area (Å²) < 4.78 is 5.85. The standard InChI is InChI=1S/C16H34N2O/c1-6-11-18(8-3)12-10-17-14-13-15(19-9-4)16(14,5)7-2/h14-15,17H,6-13H2,1-5H3. The topological polar surface area (TPSA) is 24.5 Å². The molecule has 0 aromatic rings. The van der Waals surface area contributed by atoms with Gasteiger partial charge in [-0.1, -0.05) is 27.7 Å². The Morgan fingerprint density at radius 3 is 2.47 bits per heavy atom. The number of rotatable bonds is 10. The summed E-state index contributed by atoms with van der Waals surface area (Å²) in [6.07, 6.45) is 4.08. The number of ether oxygens (including phenoxy) is 1. The third kappa shape index (κ3) is 4.17. The monoisotopic (exact) mass is 270 g/mol. The Labute approximate surface area is 120 Å². The molecule has 1 saturated carbocycles. The molecule has 3 unspecified atom stereocenters. The largest absolute Gasteiger partial charge is 0.378 e. The number of likely N-dealkylation sites (N-methyl/N-ethyl adjacent to an activating group) is 1. The summed E-state index contributed by atoms with van der Waals surface area (Å²) in [4.78, 5) is 2.52. The lowest BCUT2D eigenvalue weighted by molar-refractivity contribution is -0.125. The van der Waals surface area contributed by atoms with Gasteiger partial charge in [0.15, 0.2) is 0 Å². The third-order valence-corrected chi connectivity index (χ3v) is 4.92. The van der Waals surface area contributed by atoms with Crippen LogP contribution in [0, 0.1) is 5.41 Å². The SMILES string of the molecule is CCCN(CC)CCNC1CC(OCC)C1(C)CC. The quantitative estimate of drug-likeness (QED) is 0.660. The summed E-state index contributed by atoms with van der Waals surface area (Å²) in [6, 6.07) is 0.634. The zero-order chi connectivity index (χ0) is 14.3. The highest BCUT2D eigenvalue weighted by atomic mass is 16.5. The van der Waals surface area contributed by atoms with Crippen LogP contribution in [0.3, 0.4) is 0 Å². The van der Waals surface area contributed by atoms with Gasteiger partial charge in [0.2, 0.25) is 0 Å². The van der Waals surface area contributed by atoms with Crippen molar-refractivity contribution in [2.75, 3.05) is 32.8 Å². The first-order valence-electron chi connectivity index (χ1n) is 8.19. The fourth-order valence-corrected chi connectivity index (χ4v) is 3.21. The highest BCUT2D eigenvalue weighted by Crippen LogP contribution is 2.45. The molecule has 114 valence electrons. The Kier molecular flexibility index (Phi) is 7.33. The van der Waals surface area contributed by atoms with Gasteiger partial charge >= 0.3 is 0 Å². The minimum Gasteiger partial charge on any atom is -0.378 e. The number of hydrogen-bond acceptors (Lipinski definition) is 3. The van der Waals surface area contributed by atoms with Crippen LogP contribution in [0.4, 0.5) is 0 Å². The van der Waals surface area contributed by atoms with Crippen LogP contribution in [0.2, 0.25) is 0 Å². The van der Waals surface area contributed by atoms with Crippen molar-refractivity contribution in [3.05, 3.63) is 0 Å². The molecule has 0 aliphatic heterocycles. The maximum absolute atomic E-state index is 5.85. The molecule has 0 aromatic heterocycles. The molecule has 1 aliphatic carbocycles. The van der Waals surface area contributed by atoms with E-state index < -0.39 is 0 Å². The van der Waals surface area contributed by atoms with Crippen LogP contribution in [0.1, 0.15) is 53.9 Å². The molecule has 19 heavy (non-hydrogen) atoms. The van der Waals surface area contributed by atoms with Crippen LogP contribution < -0.4 is 5.32 Å². The van der Waals surface area contributed by atoms with Crippen molar-refractivity contribution in [2.45, 2.75) is 66.0 Å². The van der Waals surface area contributed by atoms with E-state index in [-0.39, 0.29) is 0 Å². The molecule has 0 bridgehead atoms. The Hall–Kier alpha value is -0.120. The third-order valence-electron chi connectivity index (χ3n) is 4.92. The minimum absolute atomic E-state index is 0.331. The van der Waals surface area contributed by atoms with Crippen molar-refractivity contribution >= 4 is 0 Å². The Balaban J connectivity index is 2.30. The van der Waals surface area contributed by atoms with E-state index in [1.807, 2.05) is 0 Å². The maximum Gasteiger partial charge on any atom is 0.0658 e. The number of nitrogens with one attached hydrogen (secondary N) is 1. The molecular formula is C16H34N2O. The number of nitrogens with zero attached hydrogens (tertiary/aromatic N) is 1. The van der Waals surface area contributed by atoms with E-state index in [9.17, 15) is 0 Å². The highest BCUT2D eigenvalue weighted by Gasteiger charge is 2.50. The van der Waals surface area contributed by atoms with Crippen LogP contribution in [0.5, 0.6) is 0 Å². The molecule has 0 aromatic carbocycles. The van der Waals surface area contributed by atoms with Gasteiger partial charge in [0.25, 0.3) is 0 Å². The molecule has 0 saturated heterocycles. The van der Waals surface area contributed by atoms with Gasteiger partial charge in [0.05, 0.1) is 6.10 Å². The van der Waals surface area contributed by atoms with Crippen molar-refractivity contribution < 1.29 is 4.74 Å². The minimum atomic E-state index is 0.331. The van der Waals surface area contributed by atoms with E-state index in [4.69, 9.17) is 4.74 Å². The summed E-state index contributed by atoms with van der Waals surface area (Å²) in [6.45, 7) is 16.7. The molecule has 1 aliphatic rings. The van der Waals surface area contributed by atoms with Gasteiger partial charge in [-0.05, 0) is 39.3 Å². The average molecular weight is 270 g/mol. The first kappa shape index (κ1) is 16.9. The zero-order valence-corrected chi connectivity index (χ0v) is 13.7. The molecule has 0 amide bonds. The van der Waals surface area contributed by atoms with E-state index in [1.165, 1.54) is 32.4 Å². The molecule has 3 nitrogen and oxygen atoms in total. The van der Waals surface area contributed by atoms with Gasteiger partial charge in [-0.3, -0.25) is 0 Å². The maximum atomic E-state index is 5.85. The van der Waals surface area contributed by atoms with Gasteiger partial charge in [-0.2, -0.15) is 0 Å². The Morgan fingerprint density at radius 1 is 1.21 bits per heavy atom. The van der Waals surface area contributed by atoms with Crippen molar-refractivity contribution in [3.63, 3.8) is 0 Å². The lowest BCUT2D eigenvalue weighted by atomic mass is 9.61. The lowest BCUT2D eigenvalue weighted by Crippen LogP contribution is -2.62. The van der Waals surface area contributed by atoms with Crippen molar-refractivity contribution in [1.29, 1.82) is 0 Å². The van der Waals surface area contributed by atoms with E-state index >= 15 is 0 Å². The van der Waals surface area contributed by atoms with Crippen molar-refractivity contribution in [1.82, 2.24) is 10.2 Å². The van der Waals surface area contributed by atoms with Crippen LogP contribution in [-0.4, -0.2) is 49.8 Å². The predicted molar refractivity (Wildman–Crippen MR) is 82.6 cm³/mol. The van der Waals surface area contributed by atoms with Crippen molar-refractivity contribution in [2.24, 2.45) is 5.41 Å². The first-order valence-corrected chi connectivity index (χ1v) is 8.19.